The first-order valence-corrected chi connectivity index (χ1v) is 7.57. The normalized spacial score (nSPS) is 15.0. The summed E-state index contributed by atoms with van der Waals surface area (Å²) in [6.45, 7) is 1.85. The number of amides is 1. The number of hydrogen-bond acceptors (Lipinski definition) is 7. The molecule has 1 aliphatic heterocycles. The summed E-state index contributed by atoms with van der Waals surface area (Å²) in [5, 5.41) is 16.0. The summed E-state index contributed by atoms with van der Waals surface area (Å²) in [5.74, 6) is 0.259. The zero-order valence-electron chi connectivity index (χ0n) is 12.7. The van der Waals surface area contributed by atoms with Crippen molar-refractivity contribution >= 4 is 18.1 Å². The maximum Gasteiger partial charge on any atom is 0.266 e. The number of nitrogens with one attached hydrogen (secondary N) is 1. The van der Waals surface area contributed by atoms with Crippen LogP contribution < -0.4 is 10.3 Å². The number of carbonyl (C=O) groups is 1. The van der Waals surface area contributed by atoms with E-state index in [1.54, 1.807) is 12.3 Å². The highest BCUT2D eigenvalue weighted by Gasteiger charge is 2.16. The molecule has 1 amide bonds. The van der Waals surface area contributed by atoms with Crippen molar-refractivity contribution in [2.45, 2.75) is 25.8 Å². The van der Waals surface area contributed by atoms with E-state index in [-0.39, 0.29) is 12.5 Å². The lowest BCUT2D eigenvalue weighted by Gasteiger charge is -2.24. The zero-order chi connectivity index (χ0) is 15.9. The Kier molecular flexibility index (Phi) is 4.87. The molecule has 0 aromatic carbocycles. The fourth-order valence-electron chi connectivity index (χ4n) is 2.31. The molecule has 0 radical (unpaired) electrons. The predicted octanol–water partition coefficient (Wildman–Crippen LogP) is 0.209. The maximum atomic E-state index is 11.8. The summed E-state index contributed by atoms with van der Waals surface area (Å²) >= 11 is 0. The number of carbonyl (C=O) groups excluding carboxylic acids is 1. The molecular formula is C14H18N8O. The van der Waals surface area contributed by atoms with Crippen LogP contribution >= 0.6 is 0 Å². The van der Waals surface area contributed by atoms with E-state index in [2.05, 4.69) is 35.8 Å². The van der Waals surface area contributed by atoms with Gasteiger partial charge in [0.15, 0.2) is 0 Å². The number of nitrogens with zero attached hydrogens (tertiary/aromatic N) is 7. The summed E-state index contributed by atoms with van der Waals surface area (Å²) in [6.07, 6.45) is 6.65. The van der Waals surface area contributed by atoms with E-state index in [0.717, 1.165) is 25.9 Å². The van der Waals surface area contributed by atoms with Gasteiger partial charge in [0, 0.05) is 19.3 Å². The van der Waals surface area contributed by atoms with E-state index in [1.165, 1.54) is 17.4 Å². The molecule has 1 N–H and O–H groups in total. The molecule has 9 heteroatoms. The van der Waals surface area contributed by atoms with Crippen molar-refractivity contribution in [3.8, 4) is 0 Å². The second-order valence-electron chi connectivity index (χ2n) is 5.22. The zero-order valence-corrected chi connectivity index (χ0v) is 12.7. The van der Waals surface area contributed by atoms with Gasteiger partial charge < -0.3 is 4.90 Å². The first kappa shape index (κ1) is 15.1. The second-order valence-corrected chi connectivity index (χ2v) is 5.22. The Morgan fingerprint density at radius 2 is 2.17 bits per heavy atom. The monoisotopic (exact) mass is 314 g/mol. The van der Waals surface area contributed by atoms with E-state index < -0.39 is 0 Å². The summed E-state index contributed by atoms with van der Waals surface area (Å²) in [7, 11) is 0. The van der Waals surface area contributed by atoms with E-state index >= 15 is 0 Å². The Morgan fingerprint density at radius 3 is 2.96 bits per heavy atom. The van der Waals surface area contributed by atoms with Gasteiger partial charge in [0.2, 0.25) is 0 Å². The number of aromatic nitrogens is 5. The molecule has 1 aliphatic rings. The SMILES string of the molecule is O=C(Cn1nnc(N2CCCCC2)n1)N/N=C/c1ccccn1. The van der Waals surface area contributed by atoms with Gasteiger partial charge in [-0.3, -0.25) is 9.78 Å². The third-order valence-corrected chi connectivity index (χ3v) is 3.44. The van der Waals surface area contributed by atoms with Gasteiger partial charge in [-0.15, -0.1) is 5.10 Å². The summed E-state index contributed by atoms with van der Waals surface area (Å²) < 4.78 is 0. The lowest BCUT2D eigenvalue weighted by molar-refractivity contribution is -0.122. The summed E-state index contributed by atoms with van der Waals surface area (Å²) in [4.78, 5) is 19.2. The highest BCUT2D eigenvalue weighted by Crippen LogP contribution is 2.13. The predicted molar refractivity (Wildman–Crippen MR) is 83.9 cm³/mol. The van der Waals surface area contributed by atoms with Gasteiger partial charge in [-0.05, 0) is 36.6 Å². The minimum Gasteiger partial charge on any atom is -0.338 e. The van der Waals surface area contributed by atoms with Crippen molar-refractivity contribution in [3.63, 3.8) is 0 Å². The molecule has 2 aromatic heterocycles. The van der Waals surface area contributed by atoms with Gasteiger partial charge in [0.25, 0.3) is 11.9 Å². The van der Waals surface area contributed by atoms with Crippen molar-refractivity contribution in [1.29, 1.82) is 0 Å². The summed E-state index contributed by atoms with van der Waals surface area (Å²) in [6, 6.07) is 5.45. The van der Waals surface area contributed by atoms with Gasteiger partial charge in [0.05, 0.1) is 11.9 Å². The molecule has 3 rings (SSSR count). The summed E-state index contributed by atoms with van der Waals surface area (Å²) in [5.41, 5.74) is 3.08. The molecule has 23 heavy (non-hydrogen) atoms. The Morgan fingerprint density at radius 1 is 1.30 bits per heavy atom. The van der Waals surface area contributed by atoms with Gasteiger partial charge in [-0.2, -0.15) is 9.90 Å². The molecule has 1 saturated heterocycles. The third-order valence-electron chi connectivity index (χ3n) is 3.44. The van der Waals surface area contributed by atoms with Crippen LogP contribution in [0.5, 0.6) is 0 Å². The molecular weight excluding hydrogens is 296 g/mol. The molecule has 120 valence electrons. The van der Waals surface area contributed by atoms with Crippen LogP contribution in [0.3, 0.4) is 0 Å². The fraction of sp³-hybridized carbons (Fsp3) is 0.429. The van der Waals surface area contributed by atoms with Crippen LogP contribution in [0.2, 0.25) is 0 Å². The number of pyridine rings is 1. The van der Waals surface area contributed by atoms with Crippen molar-refractivity contribution in [3.05, 3.63) is 30.1 Å². The number of piperidine rings is 1. The molecule has 0 atom stereocenters. The van der Waals surface area contributed by atoms with Crippen molar-refractivity contribution in [2.24, 2.45) is 5.10 Å². The van der Waals surface area contributed by atoms with Gasteiger partial charge in [-0.25, -0.2) is 5.43 Å². The van der Waals surface area contributed by atoms with Gasteiger partial charge >= 0.3 is 0 Å². The molecule has 2 aromatic rings. The molecule has 3 heterocycles. The molecule has 9 nitrogen and oxygen atoms in total. The fourth-order valence-corrected chi connectivity index (χ4v) is 2.31. The van der Waals surface area contributed by atoms with E-state index in [1.807, 2.05) is 12.1 Å². The minimum absolute atomic E-state index is 0.0274. The van der Waals surface area contributed by atoms with Crippen molar-refractivity contribution in [2.75, 3.05) is 18.0 Å². The highest BCUT2D eigenvalue weighted by atomic mass is 16.2. The average Bonchev–Trinajstić information content (AvgIpc) is 3.05. The largest absolute Gasteiger partial charge is 0.338 e. The van der Waals surface area contributed by atoms with Gasteiger partial charge in [-0.1, -0.05) is 11.2 Å². The van der Waals surface area contributed by atoms with E-state index in [4.69, 9.17) is 0 Å². The van der Waals surface area contributed by atoms with Crippen LogP contribution in [-0.2, 0) is 11.3 Å². The number of tetrazole rings is 1. The standard InChI is InChI=1S/C14H18N8O/c23-13(17-16-10-12-6-2-3-7-15-12)11-22-19-14(18-20-22)21-8-4-1-5-9-21/h2-3,6-7,10H,1,4-5,8-9,11H2,(H,17,23)/b16-10+. The molecule has 0 aliphatic carbocycles. The van der Waals surface area contributed by atoms with Crippen LogP contribution in [0.4, 0.5) is 5.95 Å². The Labute approximate surface area is 133 Å². The smallest absolute Gasteiger partial charge is 0.266 e. The van der Waals surface area contributed by atoms with Crippen molar-refractivity contribution in [1.82, 2.24) is 30.6 Å². The minimum atomic E-state index is -0.320. The van der Waals surface area contributed by atoms with Gasteiger partial charge in [0.1, 0.15) is 6.54 Å². The van der Waals surface area contributed by atoms with Crippen molar-refractivity contribution < 1.29 is 4.79 Å². The van der Waals surface area contributed by atoms with E-state index in [9.17, 15) is 4.79 Å². The van der Waals surface area contributed by atoms with Crippen LogP contribution in [0.15, 0.2) is 29.5 Å². The number of hydrazone groups is 1. The first-order valence-electron chi connectivity index (χ1n) is 7.57. The highest BCUT2D eigenvalue weighted by molar-refractivity contribution is 5.80. The Balaban J connectivity index is 1.50. The molecule has 0 bridgehead atoms. The number of rotatable bonds is 5. The lowest BCUT2D eigenvalue weighted by atomic mass is 10.1. The maximum absolute atomic E-state index is 11.8. The first-order chi connectivity index (χ1) is 11.3. The van der Waals surface area contributed by atoms with Crippen LogP contribution in [0, 0.1) is 0 Å². The molecule has 0 unspecified atom stereocenters. The molecule has 0 saturated carbocycles. The quantitative estimate of drug-likeness (QED) is 0.625. The number of anilines is 1. The molecule has 1 fully saturated rings. The second kappa shape index (κ2) is 7.43. The van der Waals surface area contributed by atoms with Crippen LogP contribution in [0.25, 0.3) is 0 Å². The Bertz CT molecular complexity index is 662. The van der Waals surface area contributed by atoms with E-state index in [0.29, 0.717) is 11.6 Å². The average molecular weight is 314 g/mol. The Hall–Kier alpha value is -2.84. The van der Waals surface area contributed by atoms with Crippen LogP contribution in [-0.4, -0.2) is 50.4 Å². The third kappa shape index (κ3) is 4.31. The molecule has 0 spiro atoms. The topological polar surface area (TPSA) is 101 Å². The van der Waals surface area contributed by atoms with Crippen LogP contribution in [0.1, 0.15) is 25.0 Å². The number of hydrogen-bond donors (Lipinski definition) is 1. The lowest BCUT2D eigenvalue weighted by Crippen LogP contribution is -2.30.